The lowest BCUT2D eigenvalue weighted by Gasteiger charge is -2.16. The van der Waals surface area contributed by atoms with Crippen molar-refractivity contribution in [2.75, 3.05) is 11.9 Å². The van der Waals surface area contributed by atoms with Crippen molar-refractivity contribution >= 4 is 23.1 Å². The summed E-state index contributed by atoms with van der Waals surface area (Å²) in [6.07, 6.45) is 3.31. The SMILES string of the molecule is CCOc1ccccc1NC1=C(c2ccc(OC(C)C)cc2)C(=O)N(Cc2ccncc2)C1=O. The molecule has 7 heteroatoms. The van der Waals surface area contributed by atoms with Crippen LogP contribution in [-0.4, -0.2) is 34.4 Å². The number of ether oxygens (including phenoxy) is 2. The number of nitrogens with zero attached hydrogens (tertiary/aromatic N) is 2. The summed E-state index contributed by atoms with van der Waals surface area (Å²) in [5.74, 6) is 0.535. The summed E-state index contributed by atoms with van der Waals surface area (Å²) in [5, 5.41) is 3.18. The number of pyridine rings is 1. The summed E-state index contributed by atoms with van der Waals surface area (Å²) in [7, 11) is 0. The Labute approximate surface area is 199 Å². The highest BCUT2D eigenvalue weighted by atomic mass is 16.5. The van der Waals surface area contributed by atoms with E-state index in [-0.39, 0.29) is 24.3 Å². The quantitative estimate of drug-likeness (QED) is 0.471. The zero-order valence-corrected chi connectivity index (χ0v) is 19.4. The number of para-hydroxylation sites is 2. The Morgan fingerprint density at radius 3 is 2.32 bits per heavy atom. The number of hydrogen-bond donors (Lipinski definition) is 1. The molecule has 7 nitrogen and oxygen atoms in total. The van der Waals surface area contributed by atoms with Gasteiger partial charge in [0.1, 0.15) is 17.2 Å². The molecule has 0 aliphatic carbocycles. The fourth-order valence-electron chi connectivity index (χ4n) is 3.73. The molecule has 1 aromatic heterocycles. The van der Waals surface area contributed by atoms with E-state index in [0.717, 1.165) is 5.56 Å². The van der Waals surface area contributed by atoms with E-state index in [1.165, 1.54) is 4.90 Å². The Bertz CT molecular complexity index is 1200. The molecule has 174 valence electrons. The predicted octanol–water partition coefficient (Wildman–Crippen LogP) is 4.66. The molecule has 0 radical (unpaired) electrons. The minimum Gasteiger partial charge on any atom is -0.492 e. The van der Waals surface area contributed by atoms with Crippen molar-refractivity contribution in [1.29, 1.82) is 0 Å². The zero-order chi connectivity index (χ0) is 24.1. The second-order valence-corrected chi connectivity index (χ2v) is 8.05. The Balaban J connectivity index is 1.73. The molecule has 0 saturated carbocycles. The summed E-state index contributed by atoms with van der Waals surface area (Å²) >= 11 is 0. The molecule has 0 atom stereocenters. The molecule has 3 aromatic rings. The van der Waals surface area contributed by atoms with Crippen LogP contribution >= 0.6 is 0 Å². The zero-order valence-electron chi connectivity index (χ0n) is 19.4. The minimum atomic E-state index is -0.398. The molecule has 0 fully saturated rings. The van der Waals surface area contributed by atoms with E-state index in [9.17, 15) is 9.59 Å². The summed E-state index contributed by atoms with van der Waals surface area (Å²) < 4.78 is 11.4. The van der Waals surface area contributed by atoms with Crippen LogP contribution in [0.2, 0.25) is 0 Å². The van der Waals surface area contributed by atoms with Gasteiger partial charge < -0.3 is 14.8 Å². The van der Waals surface area contributed by atoms with E-state index in [2.05, 4.69) is 10.3 Å². The maximum atomic E-state index is 13.5. The maximum Gasteiger partial charge on any atom is 0.278 e. The molecule has 1 aliphatic heterocycles. The number of aromatic nitrogens is 1. The van der Waals surface area contributed by atoms with Gasteiger partial charge in [-0.15, -0.1) is 0 Å². The Morgan fingerprint density at radius 2 is 1.65 bits per heavy atom. The van der Waals surface area contributed by atoms with Gasteiger partial charge in [0.25, 0.3) is 11.8 Å². The van der Waals surface area contributed by atoms with Crippen molar-refractivity contribution in [3.63, 3.8) is 0 Å². The van der Waals surface area contributed by atoms with Gasteiger partial charge in [0.2, 0.25) is 0 Å². The van der Waals surface area contributed by atoms with Crippen LogP contribution < -0.4 is 14.8 Å². The van der Waals surface area contributed by atoms with Crippen molar-refractivity contribution in [2.24, 2.45) is 0 Å². The molecule has 34 heavy (non-hydrogen) atoms. The molecule has 2 amide bonds. The predicted molar refractivity (Wildman–Crippen MR) is 130 cm³/mol. The lowest BCUT2D eigenvalue weighted by atomic mass is 10.0. The van der Waals surface area contributed by atoms with Crippen molar-refractivity contribution in [2.45, 2.75) is 33.4 Å². The molecular weight excluding hydrogens is 430 g/mol. The highest BCUT2D eigenvalue weighted by Crippen LogP contribution is 2.34. The van der Waals surface area contributed by atoms with Crippen LogP contribution in [0.25, 0.3) is 5.57 Å². The van der Waals surface area contributed by atoms with Gasteiger partial charge >= 0.3 is 0 Å². The largest absolute Gasteiger partial charge is 0.492 e. The monoisotopic (exact) mass is 457 g/mol. The number of anilines is 1. The third-order valence-corrected chi connectivity index (χ3v) is 5.22. The van der Waals surface area contributed by atoms with E-state index in [4.69, 9.17) is 9.47 Å². The Kier molecular flexibility index (Phi) is 6.92. The van der Waals surface area contributed by atoms with E-state index in [1.54, 1.807) is 48.8 Å². The van der Waals surface area contributed by atoms with E-state index < -0.39 is 5.91 Å². The maximum absolute atomic E-state index is 13.5. The smallest absolute Gasteiger partial charge is 0.278 e. The number of carbonyl (C=O) groups excluding carboxylic acids is 2. The summed E-state index contributed by atoms with van der Waals surface area (Å²) in [6.45, 7) is 6.41. The first-order valence-corrected chi connectivity index (χ1v) is 11.2. The van der Waals surface area contributed by atoms with Gasteiger partial charge in [0.15, 0.2) is 0 Å². The van der Waals surface area contributed by atoms with Crippen molar-refractivity contribution in [3.8, 4) is 11.5 Å². The van der Waals surface area contributed by atoms with Crippen LogP contribution in [0, 0.1) is 0 Å². The van der Waals surface area contributed by atoms with Crippen LogP contribution in [-0.2, 0) is 16.1 Å². The summed E-state index contributed by atoms with van der Waals surface area (Å²) in [6, 6.07) is 18.1. The number of amides is 2. The Morgan fingerprint density at radius 1 is 0.941 bits per heavy atom. The molecule has 4 rings (SSSR count). The second kappa shape index (κ2) is 10.2. The molecule has 0 bridgehead atoms. The average Bonchev–Trinajstić information content (AvgIpc) is 3.05. The molecule has 2 heterocycles. The van der Waals surface area contributed by atoms with Crippen LogP contribution in [0.5, 0.6) is 11.5 Å². The van der Waals surface area contributed by atoms with Gasteiger partial charge in [-0.05, 0) is 68.3 Å². The van der Waals surface area contributed by atoms with Gasteiger partial charge in [0.05, 0.1) is 30.5 Å². The first-order valence-electron chi connectivity index (χ1n) is 11.2. The van der Waals surface area contributed by atoms with E-state index >= 15 is 0 Å². The third-order valence-electron chi connectivity index (χ3n) is 5.22. The molecule has 2 aromatic carbocycles. The second-order valence-electron chi connectivity index (χ2n) is 8.05. The highest BCUT2D eigenvalue weighted by Gasteiger charge is 2.39. The van der Waals surface area contributed by atoms with Gasteiger partial charge in [-0.2, -0.15) is 0 Å². The van der Waals surface area contributed by atoms with E-state index in [1.807, 2.05) is 45.0 Å². The van der Waals surface area contributed by atoms with Crippen LogP contribution in [0.1, 0.15) is 31.9 Å². The molecule has 0 spiro atoms. The lowest BCUT2D eigenvalue weighted by Crippen LogP contribution is -2.32. The summed E-state index contributed by atoms with van der Waals surface area (Å²) in [5.41, 5.74) is 2.57. The highest BCUT2D eigenvalue weighted by molar-refractivity contribution is 6.36. The van der Waals surface area contributed by atoms with Crippen LogP contribution in [0.15, 0.2) is 78.8 Å². The third kappa shape index (κ3) is 4.93. The van der Waals surface area contributed by atoms with Crippen molar-refractivity contribution < 1.29 is 19.1 Å². The van der Waals surface area contributed by atoms with E-state index in [0.29, 0.717) is 34.9 Å². The van der Waals surface area contributed by atoms with Crippen LogP contribution in [0.3, 0.4) is 0 Å². The Hall–Kier alpha value is -4.13. The van der Waals surface area contributed by atoms with Gasteiger partial charge in [-0.1, -0.05) is 24.3 Å². The lowest BCUT2D eigenvalue weighted by molar-refractivity contribution is -0.137. The molecule has 0 unspecified atom stereocenters. The average molecular weight is 458 g/mol. The van der Waals surface area contributed by atoms with Gasteiger partial charge in [0, 0.05) is 12.4 Å². The first-order chi connectivity index (χ1) is 16.5. The fourth-order valence-corrected chi connectivity index (χ4v) is 3.73. The van der Waals surface area contributed by atoms with Crippen molar-refractivity contribution in [3.05, 3.63) is 89.9 Å². The molecule has 1 N–H and O–H groups in total. The number of benzene rings is 2. The van der Waals surface area contributed by atoms with Gasteiger partial charge in [-0.25, -0.2) is 0 Å². The van der Waals surface area contributed by atoms with Gasteiger partial charge in [-0.3, -0.25) is 19.5 Å². The number of imide groups is 1. The van der Waals surface area contributed by atoms with Crippen molar-refractivity contribution in [1.82, 2.24) is 9.88 Å². The fraction of sp³-hybridized carbons (Fsp3) is 0.222. The normalized spacial score (nSPS) is 13.6. The number of hydrogen-bond acceptors (Lipinski definition) is 6. The number of nitrogens with one attached hydrogen (secondary N) is 1. The van der Waals surface area contributed by atoms with Crippen LogP contribution in [0.4, 0.5) is 5.69 Å². The first kappa shape index (κ1) is 23.0. The molecule has 0 saturated heterocycles. The molecular formula is C27H27N3O4. The summed E-state index contributed by atoms with van der Waals surface area (Å²) in [4.78, 5) is 32.3. The number of carbonyl (C=O) groups is 2. The topological polar surface area (TPSA) is 80.8 Å². The molecule has 1 aliphatic rings. The minimum absolute atomic E-state index is 0.0305. The standard InChI is InChI=1S/C27H27N3O4/c1-4-33-23-8-6-5-7-22(23)29-25-24(20-9-11-21(12-10-20)34-18(2)3)26(31)30(27(25)32)17-19-13-15-28-16-14-19/h5-16,18,29H,4,17H2,1-3H3. The number of rotatable bonds is 9.